The van der Waals surface area contributed by atoms with Crippen LogP contribution in [0.4, 0.5) is 0 Å². The number of hydrogen-bond donors (Lipinski definition) is 1. The number of benzene rings is 3. The third-order valence-corrected chi connectivity index (χ3v) is 8.61. The molecule has 0 bridgehead atoms. The van der Waals surface area contributed by atoms with Gasteiger partial charge in [-0.2, -0.15) is 0 Å². The van der Waals surface area contributed by atoms with Crippen LogP contribution >= 0.6 is 7.92 Å². The summed E-state index contributed by atoms with van der Waals surface area (Å²) in [7, 11) is -1.94. The molecule has 2 atom stereocenters. The summed E-state index contributed by atoms with van der Waals surface area (Å²) >= 11 is 0. The summed E-state index contributed by atoms with van der Waals surface area (Å²) in [5, 5.41) is 2.54. The molecule has 1 unspecified atom stereocenters. The molecule has 0 saturated carbocycles. The predicted octanol–water partition coefficient (Wildman–Crippen LogP) is 4.87. The largest absolute Gasteiger partial charge is 0.242 e. The van der Waals surface area contributed by atoms with Gasteiger partial charge >= 0.3 is 0 Å². The average molecular weight is 396 g/mol. The second kappa shape index (κ2) is 8.93. The first-order valence-electron chi connectivity index (χ1n) is 9.09. The minimum absolute atomic E-state index is 0.0361. The van der Waals surface area contributed by atoms with Gasteiger partial charge in [0, 0.05) is 0 Å². The van der Waals surface area contributed by atoms with Gasteiger partial charge in [-0.25, -0.2) is 8.93 Å². The van der Waals surface area contributed by atoms with Gasteiger partial charge in [-0.1, -0.05) is 91.0 Å². The Balaban J connectivity index is 2.12. The van der Waals surface area contributed by atoms with Crippen molar-refractivity contribution in [2.45, 2.75) is 31.3 Å². The van der Waals surface area contributed by atoms with Crippen LogP contribution in [-0.4, -0.2) is 8.96 Å². The molecule has 3 aromatic carbocycles. The van der Waals surface area contributed by atoms with Crippen LogP contribution in [0.25, 0.3) is 0 Å². The van der Waals surface area contributed by atoms with Crippen LogP contribution < -0.4 is 15.3 Å². The summed E-state index contributed by atoms with van der Waals surface area (Å²) in [4.78, 5) is 0. The Hall–Kier alpha value is -1.80. The maximum Gasteiger partial charge on any atom is 0.0979 e. The molecule has 0 aliphatic rings. The predicted molar refractivity (Wildman–Crippen MR) is 119 cm³/mol. The summed E-state index contributed by atoms with van der Waals surface area (Å²) in [6.45, 7) is 6.02. The molecule has 0 radical (unpaired) electrons. The van der Waals surface area contributed by atoms with Gasteiger partial charge in [0.15, 0.2) is 0 Å². The highest BCUT2D eigenvalue weighted by Gasteiger charge is 2.30. The van der Waals surface area contributed by atoms with E-state index in [1.165, 1.54) is 10.6 Å². The van der Waals surface area contributed by atoms with E-state index in [-0.39, 0.29) is 10.5 Å². The van der Waals surface area contributed by atoms with Crippen molar-refractivity contribution < 1.29 is 4.21 Å². The standard InChI is InChI=1S/C23H26NOPS/c1-23(2,3)27(25)24-22(19-13-7-4-8-14-19)26(20-15-9-5-10-16-20)21-17-11-6-12-18-21/h4-18,22,24H,1-3H3/t22-,27?/m1/s1. The molecule has 1 N–H and O–H groups in total. The summed E-state index contributed by atoms with van der Waals surface area (Å²) in [6, 6.07) is 31.5. The zero-order valence-corrected chi connectivity index (χ0v) is 17.7. The van der Waals surface area contributed by atoms with Crippen molar-refractivity contribution in [3.8, 4) is 0 Å². The molecule has 2 nitrogen and oxygen atoms in total. The summed E-state index contributed by atoms with van der Waals surface area (Å²) in [5.41, 5.74) is 1.16. The fourth-order valence-corrected chi connectivity index (χ4v) is 6.56. The highest BCUT2D eigenvalue weighted by molar-refractivity contribution is 7.85. The van der Waals surface area contributed by atoms with Crippen molar-refractivity contribution in [2.24, 2.45) is 0 Å². The van der Waals surface area contributed by atoms with Crippen LogP contribution in [0.5, 0.6) is 0 Å². The quantitative estimate of drug-likeness (QED) is 0.593. The van der Waals surface area contributed by atoms with Gasteiger partial charge in [0.25, 0.3) is 0 Å². The van der Waals surface area contributed by atoms with E-state index in [4.69, 9.17) is 0 Å². The Morgan fingerprint density at radius 3 is 1.56 bits per heavy atom. The van der Waals surface area contributed by atoms with Gasteiger partial charge in [0.1, 0.15) is 0 Å². The van der Waals surface area contributed by atoms with E-state index in [2.05, 4.69) is 65.4 Å². The monoisotopic (exact) mass is 395 g/mol. The highest BCUT2D eigenvalue weighted by Crippen LogP contribution is 2.48. The summed E-state index contributed by atoms with van der Waals surface area (Å²) in [5.74, 6) is -0.0361. The number of hydrogen-bond acceptors (Lipinski definition) is 1. The Bertz CT molecular complexity index is 824. The maximum absolute atomic E-state index is 13.0. The third-order valence-electron chi connectivity index (χ3n) is 4.22. The lowest BCUT2D eigenvalue weighted by Crippen LogP contribution is -2.37. The molecule has 0 aromatic heterocycles. The first kappa shape index (κ1) is 19.9. The Morgan fingerprint density at radius 1 is 0.741 bits per heavy atom. The molecular weight excluding hydrogens is 369 g/mol. The minimum Gasteiger partial charge on any atom is -0.242 e. The molecule has 0 heterocycles. The molecule has 0 amide bonds. The van der Waals surface area contributed by atoms with Gasteiger partial charge in [0.05, 0.1) is 21.5 Å². The van der Waals surface area contributed by atoms with Gasteiger partial charge in [0.2, 0.25) is 0 Å². The average Bonchev–Trinajstić information content (AvgIpc) is 2.69. The molecule has 0 aliphatic heterocycles. The number of rotatable bonds is 6. The molecule has 0 fully saturated rings. The van der Waals surface area contributed by atoms with Crippen LogP contribution in [0.2, 0.25) is 0 Å². The van der Waals surface area contributed by atoms with Gasteiger partial charge in [-0.05, 0) is 44.9 Å². The SMILES string of the molecule is CC(C)(C)S(=O)N[C@@H](c1ccccc1)P(c1ccccc1)c1ccccc1. The van der Waals surface area contributed by atoms with Crippen LogP contribution in [0, 0.1) is 0 Å². The lowest BCUT2D eigenvalue weighted by molar-refractivity contribution is 0.633. The molecule has 0 saturated heterocycles. The van der Waals surface area contributed by atoms with E-state index < -0.39 is 18.9 Å². The first-order valence-corrected chi connectivity index (χ1v) is 11.7. The molecule has 27 heavy (non-hydrogen) atoms. The Morgan fingerprint density at radius 2 is 1.15 bits per heavy atom. The molecule has 0 spiro atoms. The van der Waals surface area contributed by atoms with Crippen molar-refractivity contribution >= 4 is 29.5 Å². The molecular formula is C23H26NOPS. The lowest BCUT2D eigenvalue weighted by atomic mass is 10.2. The van der Waals surface area contributed by atoms with Crippen LogP contribution in [-0.2, 0) is 11.0 Å². The minimum atomic E-state index is -1.17. The van der Waals surface area contributed by atoms with Crippen molar-refractivity contribution in [1.82, 2.24) is 4.72 Å². The zero-order chi connectivity index (χ0) is 19.3. The molecule has 140 valence electrons. The summed E-state index contributed by atoms with van der Waals surface area (Å²) < 4.78 is 16.2. The van der Waals surface area contributed by atoms with Crippen molar-refractivity contribution in [3.63, 3.8) is 0 Å². The van der Waals surface area contributed by atoms with E-state index in [1.807, 2.05) is 51.1 Å². The van der Waals surface area contributed by atoms with Gasteiger partial charge in [-0.15, -0.1) is 0 Å². The van der Waals surface area contributed by atoms with E-state index in [1.54, 1.807) is 0 Å². The van der Waals surface area contributed by atoms with Crippen LogP contribution in [0.3, 0.4) is 0 Å². The van der Waals surface area contributed by atoms with E-state index in [9.17, 15) is 4.21 Å². The van der Waals surface area contributed by atoms with E-state index in [0.717, 1.165) is 5.56 Å². The fraction of sp³-hybridized carbons (Fsp3) is 0.217. The second-order valence-electron chi connectivity index (χ2n) is 7.35. The van der Waals surface area contributed by atoms with E-state index >= 15 is 0 Å². The summed E-state index contributed by atoms with van der Waals surface area (Å²) in [6.07, 6.45) is 0. The van der Waals surface area contributed by atoms with Gasteiger partial charge in [-0.3, -0.25) is 0 Å². The molecule has 3 aromatic rings. The molecule has 3 rings (SSSR count). The van der Waals surface area contributed by atoms with Crippen molar-refractivity contribution in [1.29, 1.82) is 0 Å². The topological polar surface area (TPSA) is 29.1 Å². The third kappa shape index (κ3) is 5.13. The maximum atomic E-state index is 13.0. The Kier molecular flexibility index (Phi) is 6.59. The number of nitrogens with one attached hydrogen (secondary N) is 1. The smallest absolute Gasteiger partial charge is 0.0979 e. The Labute approximate surface area is 166 Å². The molecule has 0 aliphatic carbocycles. The fourth-order valence-electron chi connectivity index (χ4n) is 2.81. The van der Waals surface area contributed by atoms with E-state index in [0.29, 0.717) is 0 Å². The zero-order valence-electron chi connectivity index (χ0n) is 16.0. The van der Waals surface area contributed by atoms with Crippen molar-refractivity contribution in [3.05, 3.63) is 96.6 Å². The first-order chi connectivity index (χ1) is 13.0. The second-order valence-corrected chi connectivity index (χ2v) is 11.6. The highest BCUT2D eigenvalue weighted by atomic mass is 32.2. The normalized spacial score (nSPS) is 14.1. The lowest BCUT2D eigenvalue weighted by Gasteiger charge is -2.32. The van der Waals surface area contributed by atoms with Crippen molar-refractivity contribution in [2.75, 3.05) is 0 Å². The molecule has 4 heteroatoms. The van der Waals surface area contributed by atoms with Gasteiger partial charge < -0.3 is 0 Å². The van der Waals surface area contributed by atoms with Crippen LogP contribution in [0.15, 0.2) is 91.0 Å². The van der Waals surface area contributed by atoms with Crippen LogP contribution in [0.1, 0.15) is 32.1 Å².